The van der Waals surface area contributed by atoms with Crippen LogP contribution in [0.25, 0.3) is 11.0 Å². The lowest BCUT2D eigenvalue weighted by molar-refractivity contribution is -0.143. The molecule has 2 aromatic rings. The number of sulfonamides is 1. The highest BCUT2D eigenvalue weighted by atomic mass is 32.2. The Morgan fingerprint density at radius 1 is 1.03 bits per heavy atom. The average Bonchev–Trinajstić information content (AvgIpc) is 4.10. The van der Waals surface area contributed by atoms with Crippen molar-refractivity contribution in [2.45, 2.75) is 126 Å². The van der Waals surface area contributed by atoms with Gasteiger partial charge in [0.05, 0.1) is 35.9 Å². The normalized spacial score (nSPS) is 32.5. The van der Waals surface area contributed by atoms with Crippen LogP contribution in [0.1, 0.15) is 84.3 Å². The number of rotatable bonds is 7. The summed E-state index contributed by atoms with van der Waals surface area (Å²) in [6, 6.07) is 1.59. The van der Waals surface area contributed by atoms with Gasteiger partial charge in [0.15, 0.2) is 5.69 Å². The Labute approximate surface area is 350 Å². The van der Waals surface area contributed by atoms with Crippen molar-refractivity contribution in [2.75, 3.05) is 13.7 Å². The van der Waals surface area contributed by atoms with Crippen molar-refractivity contribution in [1.29, 1.82) is 0 Å². The van der Waals surface area contributed by atoms with Gasteiger partial charge in [-0.05, 0) is 67.9 Å². The molecule has 6 aliphatic rings. The van der Waals surface area contributed by atoms with E-state index in [1.807, 2.05) is 16.9 Å². The number of hydrogen-bond acceptors (Lipinski definition) is 11. The first-order chi connectivity index (χ1) is 28.7. The number of benzene rings is 1. The zero-order valence-corrected chi connectivity index (χ0v) is 35.0. The van der Waals surface area contributed by atoms with E-state index in [-0.39, 0.29) is 48.0 Å². The van der Waals surface area contributed by atoms with Gasteiger partial charge in [0.2, 0.25) is 34.1 Å². The molecule has 1 saturated heterocycles. The largest absolute Gasteiger partial charge is 0.497 e. The molecule has 9 unspecified atom stereocenters. The summed E-state index contributed by atoms with van der Waals surface area (Å²) in [6.45, 7) is 4.59. The summed E-state index contributed by atoms with van der Waals surface area (Å²) in [6.07, 6.45) is -1.31. The first kappa shape index (κ1) is 42.9. The molecule has 61 heavy (non-hydrogen) atoms. The van der Waals surface area contributed by atoms with Crippen LogP contribution in [0.15, 0.2) is 30.4 Å². The zero-order valence-electron chi connectivity index (χ0n) is 34.2. The highest BCUT2D eigenvalue weighted by molar-refractivity contribution is 7.91. The second-order valence-electron chi connectivity index (χ2n) is 18.4. The van der Waals surface area contributed by atoms with Gasteiger partial charge in [-0.25, -0.2) is 32.0 Å². The molecule has 4 amide bonds. The number of nitrogens with zero attached hydrogens (tertiary/aromatic N) is 3. The first-order valence-corrected chi connectivity index (χ1v) is 22.3. The minimum atomic E-state index is -4.21. The topological polar surface area (TPSA) is 195 Å². The van der Waals surface area contributed by atoms with Gasteiger partial charge in [0.1, 0.15) is 35.6 Å². The Hall–Kier alpha value is -4.75. The van der Waals surface area contributed by atoms with E-state index in [4.69, 9.17) is 14.2 Å². The molecule has 2 bridgehead atoms. The molecule has 1 aromatic carbocycles. The molecular formula is C41H50F4N6O9S. The summed E-state index contributed by atoms with van der Waals surface area (Å²) in [5.74, 6) is -8.64. The van der Waals surface area contributed by atoms with Crippen molar-refractivity contribution >= 4 is 44.9 Å². The SMILES string of the molecule is COc1ccc2nc3c(nc2c1)OC1CC(C(=O)NC2(C(=O)NS(=O)(=O)C4CC4)CC2C(F)F)N(C1)C(=O)C(C(C)(C)C)NC(=O)OC1CC2C=CC2C1CCCCC3(F)F. The standard InChI is InChI=1S/C41H50F4N6O9S/c1-39(2,3)32-36(53)51-19-22(17-29(51)34(52)49-40(18-26(40)33(42)43)37(54)50-61(56,57)23-10-11-23)59-35-31(46-27-13-9-21(58-4)16-28(27)47-35)41(44,45)14-6-5-7-25-24-12-8-20(24)15-30(25)60-38(55)48-32/h8-9,12-13,16,20,22-26,29-30,32-33H,5-7,10-11,14-15,17-19H2,1-4H3,(H,48,55)(H,49,52)(H,50,54). The number of allylic oxidation sites excluding steroid dienone is 2. The molecule has 0 spiro atoms. The molecule has 2 aliphatic heterocycles. The molecule has 3 N–H and O–H groups in total. The number of alkyl carbamates (subject to hydrolysis) is 1. The van der Waals surface area contributed by atoms with E-state index in [2.05, 4.69) is 20.6 Å². The van der Waals surface area contributed by atoms with Crippen LogP contribution < -0.4 is 24.8 Å². The highest BCUT2D eigenvalue weighted by Crippen LogP contribution is 2.50. The Kier molecular flexibility index (Phi) is 10.9. The number of carbonyl (C=O) groups is 4. The van der Waals surface area contributed by atoms with Crippen molar-refractivity contribution in [3.05, 3.63) is 36.0 Å². The van der Waals surface area contributed by atoms with Gasteiger partial charge in [-0.15, -0.1) is 0 Å². The predicted molar refractivity (Wildman–Crippen MR) is 209 cm³/mol. The Balaban J connectivity index is 1.16. The fourth-order valence-corrected chi connectivity index (χ4v) is 10.6. The molecular weight excluding hydrogens is 829 g/mol. The molecule has 15 nitrogen and oxygen atoms in total. The van der Waals surface area contributed by atoms with Crippen LogP contribution in [-0.4, -0.2) is 102 Å². The number of methoxy groups -OCH3 is 1. The lowest BCUT2D eigenvalue weighted by Crippen LogP contribution is -2.60. The quantitative estimate of drug-likeness (QED) is 0.257. The van der Waals surface area contributed by atoms with E-state index in [1.165, 1.54) is 19.2 Å². The number of fused-ring (bicyclic) bond motifs is 7. The number of aromatic nitrogens is 2. The highest BCUT2D eigenvalue weighted by Gasteiger charge is 2.67. The maximum Gasteiger partial charge on any atom is 0.408 e. The fraction of sp³-hybridized carbons (Fsp3) is 0.659. The van der Waals surface area contributed by atoms with Gasteiger partial charge in [-0.3, -0.25) is 19.1 Å². The number of ether oxygens (including phenoxy) is 3. The van der Waals surface area contributed by atoms with Gasteiger partial charge < -0.3 is 29.7 Å². The summed E-state index contributed by atoms with van der Waals surface area (Å²) in [7, 11) is -2.79. The van der Waals surface area contributed by atoms with Crippen LogP contribution in [0.4, 0.5) is 22.4 Å². The maximum atomic E-state index is 16.4. The van der Waals surface area contributed by atoms with E-state index in [0.717, 1.165) is 4.90 Å². The van der Waals surface area contributed by atoms with E-state index in [1.54, 1.807) is 26.8 Å². The summed E-state index contributed by atoms with van der Waals surface area (Å²) in [5, 5.41) is 4.18. The fourth-order valence-electron chi connectivity index (χ4n) is 9.28. The molecule has 0 radical (unpaired) electrons. The maximum absolute atomic E-state index is 16.4. The van der Waals surface area contributed by atoms with Gasteiger partial charge in [0, 0.05) is 24.8 Å². The molecule has 8 rings (SSSR count). The Bertz CT molecular complexity index is 2250. The monoisotopic (exact) mass is 878 g/mol. The van der Waals surface area contributed by atoms with Gasteiger partial charge in [-0.2, -0.15) is 8.78 Å². The minimum absolute atomic E-state index is 0.0856. The number of amides is 4. The lowest BCUT2D eigenvalue weighted by Gasteiger charge is -2.36. The summed E-state index contributed by atoms with van der Waals surface area (Å²) >= 11 is 0. The van der Waals surface area contributed by atoms with Crippen LogP contribution in [0, 0.1) is 29.1 Å². The molecule has 3 heterocycles. The molecule has 332 valence electrons. The third kappa shape index (κ3) is 8.32. The second kappa shape index (κ2) is 15.6. The van der Waals surface area contributed by atoms with E-state index in [9.17, 15) is 36.4 Å². The van der Waals surface area contributed by atoms with E-state index >= 15 is 8.78 Å². The number of alkyl halides is 4. The number of nitrogens with one attached hydrogen (secondary N) is 3. The molecule has 3 saturated carbocycles. The van der Waals surface area contributed by atoms with Crippen LogP contribution in [0.5, 0.6) is 11.6 Å². The zero-order chi connectivity index (χ0) is 43.8. The summed E-state index contributed by atoms with van der Waals surface area (Å²) in [4.78, 5) is 66.1. The van der Waals surface area contributed by atoms with Crippen molar-refractivity contribution in [3.8, 4) is 11.6 Å². The predicted octanol–water partition coefficient (Wildman–Crippen LogP) is 4.73. The van der Waals surface area contributed by atoms with Crippen molar-refractivity contribution in [3.63, 3.8) is 0 Å². The lowest BCUT2D eigenvalue weighted by atomic mass is 9.78. The summed E-state index contributed by atoms with van der Waals surface area (Å²) in [5.41, 5.74) is -3.81. The van der Waals surface area contributed by atoms with Crippen LogP contribution in [0.3, 0.4) is 0 Å². The van der Waals surface area contributed by atoms with Gasteiger partial charge in [0.25, 0.3) is 11.8 Å². The average molecular weight is 879 g/mol. The third-order valence-corrected chi connectivity index (χ3v) is 14.9. The third-order valence-electron chi connectivity index (χ3n) is 13.0. The molecule has 9 atom stereocenters. The Morgan fingerprint density at radius 2 is 1.79 bits per heavy atom. The number of carbonyl (C=O) groups excluding carboxylic acids is 4. The first-order valence-electron chi connectivity index (χ1n) is 20.7. The van der Waals surface area contributed by atoms with Crippen molar-refractivity contribution in [2.24, 2.45) is 29.1 Å². The smallest absolute Gasteiger partial charge is 0.408 e. The number of halogens is 4. The van der Waals surface area contributed by atoms with E-state index < -0.39 is 130 Å². The molecule has 1 aromatic heterocycles. The van der Waals surface area contributed by atoms with Crippen molar-refractivity contribution < 1.29 is 59.4 Å². The summed E-state index contributed by atoms with van der Waals surface area (Å²) < 4.78 is 106. The van der Waals surface area contributed by atoms with Crippen LogP contribution in [0.2, 0.25) is 0 Å². The second-order valence-corrected chi connectivity index (χ2v) is 20.3. The minimum Gasteiger partial charge on any atom is -0.497 e. The molecule has 20 heteroatoms. The van der Waals surface area contributed by atoms with Gasteiger partial charge >= 0.3 is 6.09 Å². The van der Waals surface area contributed by atoms with Crippen LogP contribution >= 0.6 is 0 Å². The van der Waals surface area contributed by atoms with Crippen LogP contribution in [-0.2, 0) is 35.1 Å². The van der Waals surface area contributed by atoms with E-state index in [0.29, 0.717) is 25.0 Å². The van der Waals surface area contributed by atoms with Gasteiger partial charge in [-0.1, -0.05) is 39.3 Å². The van der Waals surface area contributed by atoms with Crippen molar-refractivity contribution in [1.82, 2.24) is 30.2 Å². The Morgan fingerprint density at radius 3 is 2.43 bits per heavy atom. The molecule has 4 fully saturated rings. The molecule has 4 aliphatic carbocycles. The number of hydrogen-bond donors (Lipinski definition) is 3.